The second-order valence-corrected chi connectivity index (χ2v) is 6.17. The number of thiophene rings is 1. The largest absolute Gasteiger partial charge is 0.434 e. The number of ether oxygens (including phenoxy) is 1. The lowest BCUT2D eigenvalue weighted by atomic mass is 10.2. The number of hydrogen-bond acceptors (Lipinski definition) is 3. The van der Waals surface area contributed by atoms with E-state index in [-0.39, 0.29) is 5.75 Å². The van der Waals surface area contributed by atoms with E-state index in [9.17, 15) is 8.78 Å². The standard InChI is InChI=1S/C17H21F2N3OS/c1-20-17(22(2)10-9-14-7-5-11-24-14)21-12-13-6-3-4-8-15(13)23-16(18)19/h3-8,11,16H,9-10,12H2,1-2H3,(H,20,21). The van der Waals surface area contributed by atoms with Gasteiger partial charge in [0.05, 0.1) is 0 Å². The van der Waals surface area contributed by atoms with Gasteiger partial charge in [-0.1, -0.05) is 24.3 Å². The van der Waals surface area contributed by atoms with E-state index < -0.39 is 6.61 Å². The SMILES string of the molecule is CN=C(NCc1ccccc1OC(F)F)N(C)CCc1cccs1. The van der Waals surface area contributed by atoms with Crippen LogP contribution in [0.4, 0.5) is 8.78 Å². The van der Waals surface area contributed by atoms with E-state index in [0.29, 0.717) is 18.1 Å². The number of aliphatic imine (C=N–C) groups is 1. The Balaban J connectivity index is 1.91. The smallest absolute Gasteiger partial charge is 0.387 e. The van der Waals surface area contributed by atoms with Crippen LogP contribution in [0.2, 0.25) is 0 Å². The van der Waals surface area contributed by atoms with Gasteiger partial charge in [0.15, 0.2) is 5.96 Å². The van der Waals surface area contributed by atoms with Crippen molar-refractivity contribution in [2.75, 3.05) is 20.6 Å². The van der Waals surface area contributed by atoms with Crippen LogP contribution >= 0.6 is 11.3 Å². The molecule has 130 valence electrons. The maximum absolute atomic E-state index is 12.5. The van der Waals surface area contributed by atoms with Crippen molar-refractivity contribution in [3.8, 4) is 5.75 Å². The molecule has 1 heterocycles. The molecule has 0 aliphatic carbocycles. The molecule has 1 aromatic carbocycles. The van der Waals surface area contributed by atoms with Gasteiger partial charge in [0.2, 0.25) is 0 Å². The monoisotopic (exact) mass is 353 g/mol. The van der Waals surface area contributed by atoms with Crippen molar-refractivity contribution in [3.05, 3.63) is 52.2 Å². The first-order chi connectivity index (χ1) is 11.6. The van der Waals surface area contributed by atoms with Gasteiger partial charge in [-0.2, -0.15) is 8.78 Å². The van der Waals surface area contributed by atoms with E-state index in [1.165, 1.54) is 10.9 Å². The molecule has 7 heteroatoms. The maximum Gasteiger partial charge on any atom is 0.387 e. The zero-order chi connectivity index (χ0) is 17.4. The van der Waals surface area contributed by atoms with Crippen molar-refractivity contribution < 1.29 is 13.5 Å². The average molecular weight is 353 g/mol. The van der Waals surface area contributed by atoms with Crippen molar-refractivity contribution >= 4 is 17.3 Å². The molecule has 0 saturated carbocycles. The van der Waals surface area contributed by atoms with E-state index in [1.54, 1.807) is 36.6 Å². The van der Waals surface area contributed by atoms with Gasteiger partial charge in [-0.05, 0) is 23.9 Å². The third kappa shape index (κ3) is 5.49. The third-order valence-corrected chi connectivity index (χ3v) is 4.41. The maximum atomic E-state index is 12.5. The number of alkyl halides is 2. The van der Waals surface area contributed by atoms with Crippen LogP contribution in [-0.4, -0.2) is 38.1 Å². The molecule has 0 radical (unpaired) electrons. The van der Waals surface area contributed by atoms with Gasteiger partial charge in [0, 0.05) is 37.6 Å². The molecular formula is C17H21F2N3OS. The summed E-state index contributed by atoms with van der Waals surface area (Å²) in [5.41, 5.74) is 0.658. The summed E-state index contributed by atoms with van der Waals surface area (Å²) in [7, 11) is 3.65. The highest BCUT2D eigenvalue weighted by Crippen LogP contribution is 2.20. The molecule has 1 aromatic heterocycles. The lowest BCUT2D eigenvalue weighted by Crippen LogP contribution is -2.39. The molecule has 2 rings (SSSR count). The summed E-state index contributed by atoms with van der Waals surface area (Å²) < 4.78 is 29.5. The van der Waals surface area contributed by atoms with Crippen LogP contribution in [0.3, 0.4) is 0 Å². The van der Waals surface area contributed by atoms with E-state index >= 15 is 0 Å². The molecule has 0 spiro atoms. The Morgan fingerprint density at radius 2 is 2.08 bits per heavy atom. The van der Waals surface area contributed by atoms with E-state index in [1.807, 2.05) is 18.0 Å². The summed E-state index contributed by atoms with van der Waals surface area (Å²) in [5.74, 6) is 0.884. The number of para-hydroxylation sites is 1. The third-order valence-electron chi connectivity index (χ3n) is 3.47. The molecule has 0 atom stereocenters. The molecule has 0 bridgehead atoms. The summed E-state index contributed by atoms with van der Waals surface area (Å²) in [6, 6.07) is 10.9. The highest BCUT2D eigenvalue weighted by atomic mass is 32.1. The molecule has 0 amide bonds. The van der Waals surface area contributed by atoms with Gasteiger partial charge < -0.3 is 15.0 Å². The summed E-state index contributed by atoms with van der Waals surface area (Å²) >= 11 is 1.73. The van der Waals surface area contributed by atoms with Gasteiger partial charge in [-0.25, -0.2) is 0 Å². The molecule has 0 fully saturated rings. The average Bonchev–Trinajstić information content (AvgIpc) is 3.08. The van der Waals surface area contributed by atoms with Crippen molar-refractivity contribution in [1.29, 1.82) is 0 Å². The molecule has 0 saturated heterocycles. The molecule has 0 unspecified atom stereocenters. The van der Waals surface area contributed by atoms with Crippen molar-refractivity contribution in [3.63, 3.8) is 0 Å². The fraction of sp³-hybridized carbons (Fsp3) is 0.353. The summed E-state index contributed by atoms with van der Waals surface area (Å²) in [6.45, 7) is -1.66. The molecule has 24 heavy (non-hydrogen) atoms. The number of guanidine groups is 1. The van der Waals surface area contributed by atoms with E-state index in [2.05, 4.69) is 26.5 Å². The Morgan fingerprint density at radius 3 is 2.75 bits per heavy atom. The van der Waals surface area contributed by atoms with Gasteiger partial charge in [0.1, 0.15) is 5.75 Å². The number of nitrogens with zero attached hydrogens (tertiary/aromatic N) is 2. The highest BCUT2D eigenvalue weighted by molar-refractivity contribution is 7.09. The number of nitrogens with one attached hydrogen (secondary N) is 1. The minimum absolute atomic E-state index is 0.177. The first-order valence-corrected chi connectivity index (χ1v) is 8.45. The predicted molar refractivity (Wildman–Crippen MR) is 93.9 cm³/mol. The van der Waals surface area contributed by atoms with Gasteiger partial charge in [0.25, 0.3) is 0 Å². The zero-order valence-corrected chi connectivity index (χ0v) is 14.5. The quantitative estimate of drug-likeness (QED) is 0.610. The van der Waals surface area contributed by atoms with Crippen LogP contribution < -0.4 is 10.1 Å². The molecular weight excluding hydrogens is 332 g/mol. The van der Waals surface area contributed by atoms with Crippen molar-refractivity contribution in [1.82, 2.24) is 10.2 Å². The van der Waals surface area contributed by atoms with Crippen molar-refractivity contribution in [2.24, 2.45) is 4.99 Å². The second-order valence-electron chi connectivity index (χ2n) is 5.14. The summed E-state index contributed by atoms with van der Waals surface area (Å²) in [6.07, 6.45) is 0.931. The van der Waals surface area contributed by atoms with Crippen LogP contribution in [0.5, 0.6) is 5.75 Å². The molecule has 0 aliphatic rings. The molecule has 4 nitrogen and oxygen atoms in total. The summed E-state index contributed by atoms with van der Waals surface area (Å²) in [5, 5.41) is 5.24. The first kappa shape index (κ1) is 18.2. The fourth-order valence-corrected chi connectivity index (χ4v) is 2.96. The Kier molecular flexibility index (Phi) is 6.99. The molecule has 1 N–H and O–H groups in total. The van der Waals surface area contributed by atoms with Gasteiger partial charge in [-0.15, -0.1) is 11.3 Å². The number of halogens is 2. The van der Waals surface area contributed by atoms with Gasteiger partial charge in [-0.3, -0.25) is 4.99 Å². The van der Waals surface area contributed by atoms with E-state index in [0.717, 1.165) is 13.0 Å². The number of rotatable bonds is 7. The minimum atomic E-state index is -2.83. The van der Waals surface area contributed by atoms with Crippen LogP contribution in [0, 0.1) is 0 Å². The fourth-order valence-electron chi connectivity index (χ4n) is 2.26. The Hall–Kier alpha value is -2.15. The minimum Gasteiger partial charge on any atom is -0.434 e. The highest BCUT2D eigenvalue weighted by Gasteiger charge is 2.11. The first-order valence-electron chi connectivity index (χ1n) is 7.57. The molecule has 0 aliphatic heterocycles. The second kappa shape index (κ2) is 9.22. The van der Waals surface area contributed by atoms with Crippen LogP contribution in [0.25, 0.3) is 0 Å². The van der Waals surface area contributed by atoms with E-state index in [4.69, 9.17) is 0 Å². The number of hydrogen-bond donors (Lipinski definition) is 1. The topological polar surface area (TPSA) is 36.9 Å². The van der Waals surface area contributed by atoms with Gasteiger partial charge >= 0.3 is 6.61 Å². The Morgan fingerprint density at radius 1 is 1.29 bits per heavy atom. The lowest BCUT2D eigenvalue weighted by molar-refractivity contribution is -0.0504. The normalized spacial score (nSPS) is 11.6. The zero-order valence-electron chi connectivity index (χ0n) is 13.7. The van der Waals surface area contributed by atoms with Crippen molar-refractivity contribution in [2.45, 2.75) is 19.6 Å². The summed E-state index contributed by atoms with van der Waals surface area (Å²) in [4.78, 5) is 7.56. The predicted octanol–water partition coefficient (Wildman–Crippen LogP) is 3.60. The Bertz CT molecular complexity index is 647. The lowest BCUT2D eigenvalue weighted by Gasteiger charge is -2.22. The van der Waals surface area contributed by atoms with Crippen LogP contribution in [0.1, 0.15) is 10.4 Å². The molecule has 2 aromatic rings. The van der Waals surface area contributed by atoms with Crippen LogP contribution in [-0.2, 0) is 13.0 Å². The number of likely N-dealkylation sites (N-methyl/N-ethyl adjacent to an activating group) is 1. The number of benzene rings is 1. The van der Waals surface area contributed by atoms with Crippen LogP contribution in [0.15, 0.2) is 46.8 Å². The Labute approximate surface area is 144 Å².